The minimum Gasteiger partial charge on any atom is -0.464 e. The first kappa shape index (κ1) is 24.4. The Morgan fingerprint density at radius 2 is 1.68 bits per heavy atom. The summed E-state index contributed by atoms with van der Waals surface area (Å²) in [5, 5.41) is 0. The molecule has 0 fully saturated rings. The number of benzene rings is 1. The highest BCUT2D eigenvalue weighted by molar-refractivity contribution is 7.92. The first-order chi connectivity index (χ1) is 14.2. The van der Waals surface area contributed by atoms with Gasteiger partial charge in [-0.05, 0) is 30.7 Å². The van der Waals surface area contributed by atoms with Crippen molar-refractivity contribution >= 4 is 21.8 Å². The molecule has 0 N–H and O–H groups in total. The summed E-state index contributed by atoms with van der Waals surface area (Å²) in [5.74, 6) is -3.03. The Balaban J connectivity index is 2.60. The first-order valence-corrected chi connectivity index (χ1v) is 10.00. The molecule has 1 aromatic carbocycles. The monoisotopic (exact) mass is 471 g/mol. The number of anilines is 1. The molecule has 0 atom stereocenters. The maximum absolute atomic E-state index is 13.3. The van der Waals surface area contributed by atoms with Gasteiger partial charge in [-0.2, -0.15) is 26.3 Å². The molecule has 0 saturated heterocycles. The molecule has 0 aliphatic carbocycles. The van der Waals surface area contributed by atoms with Gasteiger partial charge >= 0.3 is 18.3 Å². The van der Waals surface area contributed by atoms with Crippen molar-refractivity contribution in [3.05, 3.63) is 53.0 Å². The van der Waals surface area contributed by atoms with Gasteiger partial charge in [0.25, 0.3) is 0 Å². The van der Waals surface area contributed by atoms with Gasteiger partial charge in [-0.25, -0.2) is 23.2 Å². The number of alkyl halides is 6. The predicted octanol–water partition coefficient (Wildman–Crippen LogP) is 3.66. The van der Waals surface area contributed by atoms with Crippen LogP contribution in [0.5, 0.6) is 0 Å². The van der Waals surface area contributed by atoms with Crippen LogP contribution in [-0.2, 0) is 32.9 Å². The van der Waals surface area contributed by atoms with E-state index in [1.165, 1.54) is 6.92 Å². The zero-order chi connectivity index (χ0) is 23.6. The van der Waals surface area contributed by atoms with Crippen molar-refractivity contribution in [3.63, 3.8) is 0 Å². The summed E-state index contributed by atoms with van der Waals surface area (Å²) in [4.78, 5) is 19.3. The lowest BCUT2D eigenvalue weighted by Crippen LogP contribution is -2.35. The zero-order valence-corrected chi connectivity index (χ0v) is 16.8. The number of carbonyl (C=O) groups excluding carboxylic acids is 1. The number of ether oxygens (including phenoxy) is 1. The number of sulfonamides is 1. The fraction of sp³-hybridized carbons (Fsp3) is 0.353. The first-order valence-electron chi connectivity index (χ1n) is 8.39. The third-order valence-electron chi connectivity index (χ3n) is 3.99. The van der Waals surface area contributed by atoms with E-state index < -0.39 is 68.8 Å². The maximum Gasteiger partial charge on any atom is 0.416 e. The Bertz CT molecular complexity index is 1070. The van der Waals surface area contributed by atoms with Crippen molar-refractivity contribution in [2.45, 2.75) is 25.0 Å². The molecule has 0 saturated carbocycles. The van der Waals surface area contributed by atoms with Gasteiger partial charge in [-0.1, -0.05) is 0 Å². The fourth-order valence-corrected chi connectivity index (χ4v) is 4.25. The quantitative estimate of drug-likeness (QED) is 0.472. The lowest BCUT2D eigenvalue weighted by molar-refractivity contribution is -0.141. The van der Waals surface area contributed by atoms with Crippen molar-refractivity contribution in [1.82, 2.24) is 9.97 Å². The van der Waals surface area contributed by atoms with Gasteiger partial charge in [-0.3, -0.25) is 4.31 Å². The summed E-state index contributed by atoms with van der Waals surface area (Å²) in [6.07, 6.45) is -8.00. The van der Waals surface area contributed by atoms with E-state index in [4.69, 9.17) is 0 Å². The minimum atomic E-state index is -5.10. The standard InChI is InChI=1S/C17H15F6N3O4S/c1-3-26(14-13(15(27)30-2)24-6-7-25-14)31(28,29)9-10-8-11(16(18,19)20)4-5-12(10)17(21,22)23/h4-8H,3,9H2,1-2H3. The van der Waals surface area contributed by atoms with Crippen molar-refractivity contribution in [2.24, 2.45) is 0 Å². The molecule has 0 bridgehead atoms. The summed E-state index contributed by atoms with van der Waals surface area (Å²) < 4.78 is 110. The fourth-order valence-electron chi connectivity index (χ4n) is 2.67. The Hall–Kier alpha value is -2.90. The molecule has 0 aliphatic heterocycles. The van der Waals surface area contributed by atoms with E-state index >= 15 is 0 Å². The maximum atomic E-state index is 13.3. The number of aromatic nitrogens is 2. The van der Waals surface area contributed by atoms with Crippen LogP contribution in [0.3, 0.4) is 0 Å². The van der Waals surface area contributed by atoms with Gasteiger partial charge in [0.15, 0.2) is 11.5 Å². The molecular formula is C17H15F6N3O4S. The molecule has 1 heterocycles. The molecule has 0 radical (unpaired) electrons. The van der Waals surface area contributed by atoms with Gasteiger partial charge in [0.1, 0.15) is 0 Å². The molecule has 0 unspecified atom stereocenters. The Morgan fingerprint density at radius 1 is 1.06 bits per heavy atom. The van der Waals surface area contributed by atoms with Gasteiger partial charge < -0.3 is 4.74 Å². The van der Waals surface area contributed by atoms with Crippen LogP contribution in [0.1, 0.15) is 34.1 Å². The second-order valence-corrected chi connectivity index (χ2v) is 7.90. The summed E-state index contributed by atoms with van der Waals surface area (Å²) >= 11 is 0. The van der Waals surface area contributed by atoms with Crippen LogP contribution in [0, 0.1) is 0 Å². The van der Waals surface area contributed by atoms with E-state index in [2.05, 4.69) is 14.7 Å². The Morgan fingerprint density at radius 3 is 2.19 bits per heavy atom. The van der Waals surface area contributed by atoms with Crippen molar-refractivity contribution < 1.29 is 44.3 Å². The van der Waals surface area contributed by atoms with Crippen LogP contribution < -0.4 is 4.31 Å². The van der Waals surface area contributed by atoms with Crippen LogP contribution in [-0.4, -0.2) is 38.0 Å². The van der Waals surface area contributed by atoms with E-state index in [9.17, 15) is 39.6 Å². The molecule has 2 rings (SSSR count). The second-order valence-electron chi connectivity index (χ2n) is 6.01. The van der Waals surface area contributed by atoms with Gasteiger partial charge in [0.05, 0.1) is 24.0 Å². The van der Waals surface area contributed by atoms with E-state index in [1.807, 2.05) is 0 Å². The average Bonchev–Trinajstić information content (AvgIpc) is 2.66. The third kappa shape index (κ3) is 5.42. The molecule has 1 aromatic heterocycles. The summed E-state index contributed by atoms with van der Waals surface area (Å²) in [5.41, 5.74) is -4.62. The molecule has 7 nitrogen and oxygen atoms in total. The zero-order valence-electron chi connectivity index (χ0n) is 16.0. The molecular weight excluding hydrogens is 456 g/mol. The molecule has 0 aliphatic rings. The van der Waals surface area contributed by atoms with Crippen molar-refractivity contribution in [1.29, 1.82) is 0 Å². The predicted molar refractivity (Wildman–Crippen MR) is 95.5 cm³/mol. The van der Waals surface area contributed by atoms with Gasteiger partial charge in [0.2, 0.25) is 10.0 Å². The number of methoxy groups -OCH3 is 1. The van der Waals surface area contributed by atoms with Crippen LogP contribution in [0.4, 0.5) is 32.2 Å². The lowest BCUT2D eigenvalue weighted by atomic mass is 10.0. The molecule has 31 heavy (non-hydrogen) atoms. The average molecular weight is 471 g/mol. The van der Waals surface area contributed by atoms with Crippen LogP contribution in [0.2, 0.25) is 0 Å². The normalized spacial score (nSPS) is 12.5. The van der Waals surface area contributed by atoms with Crippen molar-refractivity contribution in [3.8, 4) is 0 Å². The van der Waals surface area contributed by atoms with Crippen LogP contribution >= 0.6 is 0 Å². The topological polar surface area (TPSA) is 89.5 Å². The molecule has 0 amide bonds. The molecule has 170 valence electrons. The highest BCUT2D eigenvalue weighted by atomic mass is 32.2. The summed E-state index contributed by atoms with van der Waals surface area (Å²) in [6, 6.07) is 0.521. The van der Waals surface area contributed by atoms with E-state index in [0.29, 0.717) is 4.31 Å². The highest BCUT2D eigenvalue weighted by Gasteiger charge is 2.39. The lowest BCUT2D eigenvalue weighted by Gasteiger charge is -2.24. The molecule has 0 spiro atoms. The van der Waals surface area contributed by atoms with E-state index in [-0.39, 0.29) is 18.2 Å². The number of hydrogen-bond donors (Lipinski definition) is 0. The van der Waals surface area contributed by atoms with Crippen LogP contribution in [0.25, 0.3) is 0 Å². The number of rotatable bonds is 6. The Kier molecular flexibility index (Phi) is 6.83. The molecule has 14 heteroatoms. The smallest absolute Gasteiger partial charge is 0.416 e. The number of nitrogens with zero attached hydrogens (tertiary/aromatic N) is 3. The van der Waals surface area contributed by atoms with E-state index in [0.717, 1.165) is 19.5 Å². The number of hydrogen-bond acceptors (Lipinski definition) is 6. The number of halogens is 6. The Labute approximate surface area is 172 Å². The molecule has 2 aromatic rings. The van der Waals surface area contributed by atoms with Gasteiger partial charge in [-0.15, -0.1) is 0 Å². The highest BCUT2D eigenvalue weighted by Crippen LogP contribution is 2.37. The third-order valence-corrected chi connectivity index (χ3v) is 5.77. The van der Waals surface area contributed by atoms with Gasteiger partial charge in [0, 0.05) is 18.9 Å². The van der Waals surface area contributed by atoms with Crippen molar-refractivity contribution in [2.75, 3.05) is 18.0 Å². The SMILES string of the molecule is CCN(c1nccnc1C(=O)OC)S(=O)(=O)Cc1cc(C(F)(F)F)ccc1C(F)(F)F. The summed E-state index contributed by atoms with van der Waals surface area (Å²) in [7, 11) is -3.74. The summed E-state index contributed by atoms with van der Waals surface area (Å²) in [6.45, 7) is 0.898. The number of carbonyl (C=O) groups is 1. The minimum absolute atomic E-state index is 0.131. The largest absolute Gasteiger partial charge is 0.464 e. The van der Waals surface area contributed by atoms with E-state index in [1.54, 1.807) is 0 Å². The van der Waals surface area contributed by atoms with Crippen LogP contribution in [0.15, 0.2) is 30.6 Å². The second kappa shape index (κ2) is 8.69. The number of esters is 1.